The molecule has 1 fully saturated rings. The van der Waals surface area contributed by atoms with Crippen molar-refractivity contribution < 1.29 is 14.3 Å². The Balaban J connectivity index is 2.15. The Bertz CT molecular complexity index is 527. The van der Waals surface area contributed by atoms with Gasteiger partial charge in [-0.15, -0.1) is 0 Å². The van der Waals surface area contributed by atoms with Crippen molar-refractivity contribution in [2.75, 3.05) is 7.11 Å². The first-order valence-electron chi connectivity index (χ1n) is 7.90. The van der Waals surface area contributed by atoms with E-state index in [1.807, 2.05) is 24.3 Å². The predicted molar refractivity (Wildman–Crippen MR) is 84.7 cm³/mol. The Labute approximate surface area is 131 Å². The molecule has 120 valence electrons. The Morgan fingerprint density at radius 3 is 2.27 bits per heavy atom. The van der Waals surface area contributed by atoms with Crippen molar-refractivity contribution in [2.45, 2.75) is 51.0 Å². The van der Waals surface area contributed by atoms with Gasteiger partial charge in [0.2, 0.25) is 0 Å². The number of hydrogen-bond acceptors (Lipinski definition) is 3. The van der Waals surface area contributed by atoms with Crippen LogP contribution in [-0.4, -0.2) is 19.0 Å². The molecule has 0 aliphatic carbocycles. The van der Waals surface area contributed by atoms with Gasteiger partial charge in [0, 0.05) is 0 Å². The van der Waals surface area contributed by atoms with E-state index in [9.17, 15) is 9.59 Å². The molecule has 2 rings (SSSR count). The predicted octanol–water partition coefficient (Wildman–Crippen LogP) is 3.09. The summed E-state index contributed by atoms with van der Waals surface area (Å²) < 4.78 is 5.15. The van der Waals surface area contributed by atoms with Gasteiger partial charge in [-0.25, -0.2) is 4.79 Å². The molecule has 2 N–H and O–H groups in total. The van der Waals surface area contributed by atoms with E-state index < -0.39 is 11.6 Å². The van der Waals surface area contributed by atoms with Crippen molar-refractivity contribution in [3.05, 3.63) is 29.8 Å². The third-order valence-electron chi connectivity index (χ3n) is 4.18. The van der Waals surface area contributed by atoms with E-state index >= 15 is 0 Å². The lowest BCUT2D eigenvalue weighted by molar-refractivity contribution is -0.124. The lowest BCUT2D eigenvalue weighted by atomic mass is 9.84. The molecule has 1 heterocycles. The minimum atomic E-state index is -0.949. The Morgan fingerprint density at radius 2 is 1.73 bits per heavy atom. The van der Waals surface area contributed by atoms with Gasteiger partial charge in [0.05, 0.1) is 7.11 Å². The second-order valence-electron chi connectivity index (χ2n) is 5.71. The number of amides is 3. The first-order chi connectivity index (χ1) is 10.6. The third kappa shape index (κ3) is 3.40. The molecule has 3 amide bonds. The fourth-order valence-electron chi connectivity index (χ4n) is 2.88. The number of carbonyl (C=O) groups is 2. The van der Waals surface area contributed by atoms with Gasteiger partial charge >= 0.3 is 6.03 Å². The third-order valence-corrected chi connectivity index (χ3v) is 4.18. The standard InChI is InChI=1S/C17H24N2O3/c1-3-4-5-6-7-12-17(15(20)18-16(21)19-17)13-8-10-14(22-2)11-9-13/h8-11H,3-7,12H2,1-2H3,(H2,18,19,20,21). The number of urea groups is 1. The van der Waals surface area contributed by atoms with Crippen LogP contribution in [-0.2, 0) is 10.3 Å². The van der Waals surface area contributed by atoms with E-state index in [0.717, 1.165) is 30.6 Å². The first-order valence-corrected chi connectivity index (χ1v) is 7.90. The zero-order valence-corrected chi connectivity index (χ0v) is 13.3. The van der Waals surface area contributed by atoms with Crippen molar-refractivity contribution in [3.8, 4) is 5.75 Å². The van der Waals surface area contributed by atoms with Gasteiger partial charge in [-0.05, 0) is 24.1 Å². The van der Waals surface area contributed by atoms with Gasteiger partial charge in [0.15, 0.2) is 0 Å². The highest BCUT2D eigenvalue weighted by molar-refractivity contribution is 6.07. The van der Waals surface area contributed by atoms with Gasteiger partial charge in [0.25, 0.3) is 5.91 Å². The van der Waals surface area contributed by atoms with Crippen LogP contribution in [0.2, 0.25) is 0 Å². The molecule has 1 atom stereocenters. The second kappa shape index (κ2) is 7.29. The molecule has 0 bridgehead atoms. The molecule has 0 aromatic heterocycles. The maximum atomic E-state index is 12.4. The Hall–Kier alpha value is -2.04. The van der Waals surface area contributed by atoms with E-state index in [1.165, 1.54) is 12.8 Å². The monoisotopic (exact) mass is 304 g/mol. The largest absolute Gasteiger partial charge is 0.497 e. The van der Waals surface area contributed by atoms with Crippen molar-refractivity contribution >= 4 is 11.9 Å². The molecule has 5 nitrogen and oxygen atoms in total. The summed E-state index contributed by atoms with van der Waals surface area (Å²) >= 11 is 0. The van der Waals surface area contributed by atoms with Crippen molar-refractivity contribution in [1.82, 2.24) is 10.6 Å². The first kappa shape index (κ1) is 16.3. The minimum Gasteiger partial charge on any atom is -0.497 e. The lowest BCUT2D eigenvalue weighted by Gasteiger charge is -2.26. The molecule has 0 saturated carbocycles. The van der Waals surface area contributed by atoms with Crippen LogP contribution in [0.5, 0.6) is 5.75 Å². The zero-order chi connectivity index (χ0) is 16.0. The van der Waals surface area contributed by atoms with Gasteiger partial charge < -0.3 is 10.1 Å². The number of carbonyl (C=O) groups excluding carboxylic acids is 2. The highest BCUT2D eigenvalue weighted by Crippen LogP contribution is 2.32. The number of rotatable bonds is 8. The summed E-state index contributed by atoms with van der Waals surface area (Å²) in [7, 11) is 1.60. The summed E-state index contributed by atoms with van der Waals surface area (Å²) in [6, 6.07) is 6.89. The summed E-state index contributed by atoms with van der Waals surface area (Å²) in [6.45, 7) is 2.17. The van der Waals surface area contributed by atoms with E-state index in [-0.39, 0.29) is 5.91 Å². The number of hydrogen-bond donors (Lipinski definition) is 2. The summed E-state index contributed by atoms with van der Waals surface area (Å²) in [6.07, 6.45) is 6.12. The molecule has 5 heteroatoms. The van der Waals surface area contributed by atoms with Crippen LogP contribution in [0, 0.1) is 0 Å². The van der Waals surface area contributed by atoms with Crippen LogP contribution in [0.15, 0.2) is 24.3 Å². The minimum absolute atomic E-state index is 0.266. The Morgan fingerprint density at radius 1 is 1.05 bits per heavy atom. The molecular weight excluding hydrogens is 280 g/mol. The molecule has 22 heavy (non-hydrogen) atoms. The number of ether oxygens (including phenoxy) is 1. The number of benzene rings is 1. The van der Waals surface area contributed by atoms with Gasteiger partial charge in [-0.3, -0.25) is 10.1 Å². The van der Waals surface area contributed by atoms with Crippen molar-refractivity contribution in [2.24, 2.45) is 0 Å². The quantitative estimate of drug-likeness (QED) is 0.573. The van der Waals surface area contributed by atoms with Crippen LogP contribution in [0.4, 0.5) is 4.79 Å². The van der Waals surface area contributed by atoms with Gasteiger partial charge in [-0.1, -0.05) is 51.2 Å². The fourth-order valence-corrected chi connectivity index (χ4v) is 2.88. The molecule has 1 unspecified atom stereocenters. The molecule has 1 saturated heterocycles. The van der Waals surface area contributed by atoms with E-state index in [4.69, 9.17) is 4.74 Å². The molecule has 1 aromatic rings. The van der Waals surface area contributed by atoms with Crippen LogP contribution in [0.25, 0.3) is 0 Å². The average Bonchev–Trinajstić information content (AvgIpc) is 2.82. The van der Waals surface area contributed by atoms with E-state index in [1.54, 1.807) is 7.11 Å². The number of nitrogens with one attached hydrogen (secondary N) is 2. The fraction of sp³-hybridized carbons (Fsp3) is 0.529. The summed E-state index contributed by atoms with van der Waals surface area (Å²) in [5.74, 6) is 0.463. The highest BCUT2D eigenvalue weighted by atomic mass is 16.5. The van der Waals surface area contributed by atoms with Crippen molar-refractivity contribution in [1.29, 1.82) is 0 Å². The smallest absolute Gasteiger partial charge is 0.322 e. The average molecular weight is 304 g/mol. The van der Waals surface area contributed by atoms with Gasteiger partial charge in [-0.2, -0.15) is 0 Å². The normalized spacial score (nSPS) is 20.6. The SMILES string of the molecule is CCCCCCCC1(c2ccc(OC)cc2)NC(=O)NC1=O. The Kier molecular flexibility index (Phi) is 5.41. The number of imide groups is 1. The molecule has 0 radical (unpaired) electrons. The maximum Gasteiger partial charge on any atom is 0.322 e. The summed E-state index contributed by atoms with van der Waals surface area (Å²) in [5.41, 5.74) is -0.151. The van der Waals surface area contributed by atoms with Crippen molar-refractivity contribution in [3.63, 3.8) is 0 Å². The lowest BCUT2D eigenvalue weighted by Crippen LogP contribution is -2.43. The molecule has 1 aliphatic rings. The molecule has 0 spiro atoms. The maximum absolute atomic E-state index is 12.4. The van der Waals surface area contributed by atoms with E-state index in [2.05, 4.69) is 17.6 Å². The highest BCUT2D eigenvalue weighted by Gasteiger charge is 2.46. The molecular formula is C17H24N2O3. The number of unbranched alkanes of at least 4 members (excludes halogenated alkanes) is 4. The van der Waals surface area contributed by atoms with Crippen LogP contribution >= 0.6 is 0 Å². The van der Waals surface area contributed by atoms with Crippen LogP contribution in [0.1, 0.15) is 51.0 Å². The van der Waals surface area contributed by atoms with E-state index in [0.29, 0.717) is 6.42 Å². The molecule has 1 aromatic carbocycles. The van der Waals surface area contributed by atoms with Crippen LogP contribution in [0.3, 0.4) is 0 Å². The zero-order valence-electron chi connectivity index (χ0n) is 13.3. The van der Waals surface area contributed by atoms with Gasteiger partial charge in [0.1, 0.15) is 11.3 Å². The second-order valence-corrected chi connectivity index (χ2v) is 5.71. The van der Waals surface area contributed by atoms with Crippen LogP contribution < -0.4 is 15.4 Å². The topological polar surface area (TPSA) is 67.4 Å². The summed E-state index contributed by atoms with van der Waals surface area (Å²) in [4.78, 5) is 24.0. The number of methoxy groups -OCH3 is 1. The molecule has 1 aliphatic heterocycles. The summed E-state index contributed by atoms with van der Waals surface area (Å²) in [5, 5.41) is 5.19.